The van der Waals surface area contributed by atoms with Crippen molar-refractivity contribution in [3.8, 4) is 16.8 Å². The zero-order valence-corrected chi connectivity index (χ0v) is 12.3. The van der Waals surface area contributed by atoms with Gasteiger partial charge in [-0.3, -0.25) is 4.79 Å². The standard InChI is InChI=1S/C16H11N3O2S/c17-8-11-3-1-4-12(7-11)9-18-15(20)13-10-22-16(19-13)14-5-2-6-21-14/h1-7,10H,9H2,(H,18,20). The van der Waals surface area contributed by atoms with Crippen LogP contribution < -0.4 is 5.32 Å². The van der Waals surface area contributed by atoms with Gasteiger partial charge in [0.25, 0.3) is 5.91 Å². The molecule has 3 rings (SSSR count). The van der Waals surface area contributed by atoms with Crippen LogP contribution in [0.2, 0.25) is 0 Å². The van der Waals surface area contributed by atoms with Crippen molar-refractivity contribution in [3.63, 3.8) is 0 Å². The molecule has 0 radical (unpaired) electrons. The lowest BCUT2D eigenvalue weighted by atomic mass is 10.1. The van der Waals surface area contributed by atoms with Crippen molar-refractivity contribution >= 4 is 17.2 Å². The summed E-state index contributed by atoms with van der Waals surface area (Å²) in [4.78, 5) is 16.4. The molecule has 0 fully saturated rings. The summed E-state index contributed by atoms with van der Waals surface area (Å²) in [6.45, 7) is 0.349. The first-order valence-corrected chi connectivity index (χ1v) is 7.41. The fraction of sp³-hybridized carbons (Fsp3) is 0.0625. The minimum atomic E-state index is -0.253. The first kappa shape index (κ1) is 14.0. The lowest BCUT2D eigenvalue weighted by Gasteiger charge is -2.03. The second-order valence-corrected chi connectivity index (χ2v) is 5.37. The average Bonchev–Trinajstić information content (AvgIpc) is 3.23. The summed E-state index contributed by atoms with van der Waals surface area (Å²) in [6, 6.07) is 12.8. The van der Waals surface area contributed by atoms with Crippen LogP contribution in [-0.2, 0) is 6.54 Å². The van der Waals surface area contributed by atoms with Gasteiger partial charge in [-0.2, -0.15) is 5.26 Å². The fourth-order valence-corrected chi connectivity index (χ4v) is 2.68. The first-order chi connectivity index (χ1) is 10.8. The van der Waals surface area contributed by atoms with Gasteiger partial charge >= 0.3 is 0 Å². The Bertz CT molecular complexity index is 831. The molecule has 1 aromatic carbocycles. The van der Waals surface area contributed by atoms with Gasteiger partial charge in [-0.1, -0.05) is 12.1 Å². The molecule has 0 atom stereocenters. The van der Waals surface area contributed by atoms with Crippen LogP contribution >= 0.6 is 11.3 Å². The van der Waals surface area contributed by atoms with E-state index in [1.54, 1.807) is 42.0 Å². The van der Waals surface area contributed by atoms with Crippen LogP contribution in [0.5, 0.6) is 0 Å². The van der Waals surface area contributed by atoms with Crippen LogP contribution in [0.1, 0.15) is 21.6 Å². The predicted molar refractivity (Wildman–Crippen MR) is 82.1 cm³/mol. The third-order valence-electron chi connectivity index (χ3n) is 2.98. The largest absolute Gasteiger partial charge is 0.462 e. The number of thiazole rings is 1. The SMILES string of the molecule is N#Cc1cccc(CNC(=O)c2csc(-c3ccco3)n2)c1. The Balaban J connectivity index is 1.66. The van der Waals surface area contributed by atoms with Crippen LogP contribution in [0, 0.1) is 11.3 Å². The Morgan fingerprint density at radius 1 is 1.36 bits per heavy atom. The van der Waals surface area contributed by atoms with Crippen molar-refractivity contribution in [2.75, 3.05) is 0 Å². The molecule has 0 bridgehead atoms. The number of nitriles is 1. The highest BCUT2D eigenvalue weighted by Gasteiger charge is 2.12. The third-order valence-corrected chi connectivity index (χ3v) is 3.83. The lowest BCUT2D eigenvalue weighted by Crippen LogP contribution is -2.23. The summed E-state index contributed by atoms with van der Waals surface area (Å²) in [7, 11) is 0. The van der Waals surface area contributed by atoms with Gasteiger partial charge in [-0.05, 0) is 29.8 Å². The summed E-state index contributed by atoms with van der Waals surface area (Å²) in [5.41, 5.74) is 1.79. The van der Waals surface area contributed by atoms with Crippen LogP contribution in [0.15, 0.2) is 52.5 Å². The van der Waals surface area contributed by atoms with Crippen molar-refractivity contribution < 1.29 is 9.21 Å². The maximum absolute atomic E-state index is 12.1. The number of hydrogen-bond donors (Lipinski definition) is 1. The highest BCUT2D eigenvalue weighted by Crippen LogP contribution is 2.23. The first-order valence-electron chi connectivity index (χ1n) is 6.53. The van der Waals surface area contributed by atoms with Crippen molar-refractivity contribution in [2.24, 2.45) is 0 Å². The Labute approximate surface area is 130 Å². The predicted octanol–water partition coefficient (Wildman–Crippen LogP) is 3.20. The molecular weight excluding hydrogens is 298 g/mol. The molecule has 0 saturated carbocycles. The van der Waals surface area contributed by atoms with Gasteiger partial charge in [0, 0.05) is 11.9 Å². The van der Waals surface area contributed by atoms with Gasteiger partial charge in [-0.25, -0.2) is 4.98 Å². The van der Waals surface area contributed by atoms with Crippen LogP contribution in [0.3, 0.4) is 0 Å². The number of aromatic nitrogens is 1. The van der Waals surface area contributed by atoms with Crippen molar-refractivity contribution in [3.05, 3.63) is 64.9 Å². The molecule has 22 heavy (non-hydrogen) atoms. The maximum atomic E-state index is 12.1. The van der Waals surface area contributed by atoms with Gasteiger partial charge in [0.05, 0.1) is 17.9 Å². The molecule has 0 spiro atoms. The van der Waals surface area contributed by atoms with Crippen LogP contribution in [-0.4, -0.2) is 10.9 Å². The Hall–Kier alpha value is -2.91. The second-order valence-electron chi connectivity index (χ2n) is 4.51. The number of nitrogens with one attached hydrogen (secondary N) is 1. The quantitative estimate of drug-likeness (QED) is 0.802. The zero-order chi connectivity index (χ0) is 15.4. The number of carbonyl (C=O) groups is 1. The summed E-state index contributed by atoms with van der Waals surface area (Å²) >= 11 is 1.35. The zero-order valence-electron chi connectivity index (χ0n) is 11.4. The molecule has 5 nitrogen and oxygen atoms in total. The summed E-state index contributed by atoms with van der Waals surface area (Å²) in [5, 5.41) is 14.0. The van der Waals surface area contributed by atoms with E-state index < -0.39 is 0 Å². The van der Waals surface area contributed by atoms with Crippen LogP contribution in [0.25, 0.3) is 10.8 Å². The highest BCUT2D eigenvalue weighted by atomic mass is 32.1. The molecule has 0 saturated heterocycles. The topological polar surface area (TPSA) is 78.9 Å². The monoisotopic (exact) mass is 309 g/mol. The smallest absolute Gasteiger partial charge is 0.271 e. The molecule has 0 aliphatic heterocycles. The number of rotatable bonds is 4. The van der Waals surface area contributed by atoms with E-state index >= 15 is 0 Å². The van der Waals surface area contributed by atoms with E-state index in [2.05, 4.69) is 16.4 Å². The Kier molecular flexibility index (Phi) is 3.99. The van der Waals surface area contributed by atoms with Gasteiger partial charge in [-0.15, -0.1) is 11.3 Å². The Morgan fingerprint density at radius 3 is 3.05 bits per heavy atom. The molecule has 6 heteroatoms. The Morgan fingerprint density at radius 2 is 2.27 bits per heavy atom. The molecule has 108 valence electrons. The van der Waals surface area contributed by atoms with Gasteiger partial charge in [0.15, 0.2) is 10.8 Å². The maximum Gasteiger partial charge on any atom is 0.271 e. The number of furan rings is 1. The van der Waals surface area contributed by atoms with Gasteiger partial charge in [0.2, 0.25) is 0 Å². The van der Waals surface area contributed by atoms with Crippen molar-refractivity contribution in [1.29, 1.82) is 5.26 Å². The number of hydrogen-bond acceptors (Lipinski definition) is 5. The molecule has 1 amide bonds. The van der Waals surface area contributed by atoms with E-state index in [0.29, 0.717) is 28.6 Å². The lowest BCUT2D eigenvalue weighted by molar-refractivity contribution is 0.0946. The second kappa shape index (κ2) is 6.24. The van der Waals surface area contributed by atoms with E-state index in [-0.39, 0.29) is 5.91 Å². The molecule has 0 unspecified atom stereocenters. The number of carbonyl (C=O) groups excluding carboxylic acids is 1. The number of benzene rings is 1. The summed E-state index contributed by atoms with van der Waals surface area (Å²) in [6.07, 6.45) is 1.57. The number of amides is 1. The highest BCUT2D eigenvalue weighted by molar-refractivity contribution is 7.13. The molecule has 1 N–H and O–H groups in total. The summed E-state index contributed by atoms with van der Waals surface area (Å²) in [5.74, 6) is 0.391. The minimum absolute atomic E-state index is 0.253. The van der Waals surface area contributed by atoms with E-state index in [1.807, 2.05) is 6.07 Å². The van der Waals surface area contributed by atoms with Gasteiger partial charge in [0.1, 0.15) is 5.69 Å². The molecule has 2 heterocycles. The molecule has 2 aromatic heterocycles. The number of nitrogens with zero attached hydrogens (tertiary/aromatic N) is 2. The van der Waals surface area contributed by atoms with Crippen molar-refractivity contribution in [1.82, 2.24) is 10.3 Å². The molecule has 0 aliphatic carbocycles. The fourth-order valence-electron chi connectivity index (χ4n) is 1.92. The average molecular weight is 309 g/mol. The molecule has 3 aromatic rings. The third kappa shape index (κ3) is 3.05. The van der Waals surface area contributed by atoms with Crippen LogP contribution in [0.4, 0.5) is 0 Å². The van der Waals surface area contributed by atoms with Gasteiger partial charge < -0.3 is 9.73 Å². The minimum Gasteiger partial charge on any atom is -0.462 e. The van der Waals surface area contributed by atoms with E-state index in [0.717, 1.165) is 5.56 Å². The molecule has 0 aliphatic rings. The van der Waals surface area contributed by atoms with E-state index in [4.69, 9.17) is 9.68 Å². The normalized spacial score (nSPS) is 10.1. The summed E-state index contributed by atoms with van der Waals surface area (Å²) < 4.78 is 5.25. The van der Waals surface area contributed by atoms with E-state index in [1.165, 1.54) is 11.3 Å². The van der Waals surface area contributed by atoms with Crippen molar-refractivity contribution in [2.45, 2.75) is 6.54 Å². The molecular formula is C16H11N3O2S. The van der Waals surface area contributed by atoms with E-state index in [9.17, 15) is 4.79 Å².